The summed E-state index contributed by atoms with van der Waals surface area (Å²) in [5, 5.41) is 1.21. The topological polar surface area (TPSA) is 36.4 Å². The van der Waals surface area contributed by atoms with Gasteiger partial charge in [0, 0.05) is 45.1 Å². The van der Waals surface area contributed by atoms with Crippen molar-refractivity contribution in [2.45, 2.75) is 6.42 Å². The number of aromatic nitrogens is 1. The summed E-state index contributed by atoms with van der Waals surface area (Å²) in [7, 11) is 3.43. The Morgan fingerprint density at radius 2 is 1.74 bits per heavy atom. The second kappa shape index (κ2) is 9.13. The van der Waals surface area contributed by atoms with Crippen LogP contribution in [-0.4, -0.2) is 43.0 Å². The predicted octanol–water partition coefficient (Wildman–Crippen LogP) is 6.05. The molecule has 2 aromatic carbocycles. The van der Waals surface area contributed by atoms with Gasteiger partial charge in [-0.2, -0.15) is 0 Å². The van der Waals surface area contributed by atoms with Crippen molar-refractivity contribution in [2.75, 3.05) is 32.1 Å². The maximum atomic E-state index is 12.2. The second-order valence-corrected chi connectivity index (χ2v) is 8.55. The lowest BCUT2D eigenvalue weighted by atomic mass is 9.97. The molecule has 0 saturated carbocycles. The molecule has 4 rings (SSSR count). The molecule has 4 nitrogen and oxygen atoms in total. The Hall–Kier alpha value is -2.82. The van der Waals surface area contributed by atoms with E-state index in [-0.39, 0.29) is 5.91 Å². The van der Waals surface area contributed by atoms with E-state index in [4.69, 9.17) is 23.2 Å². The Morgan fingerprint density at radius 3 is 2.42 bits per heavy atom. The van der Waals surface area contributed by atoms with Crippen LogP contribution in [0.25, 0.3) is 16.7 Å². The zero-order chi connectivity index (χ0) is 22.0. The first-order valence-corrected chi connectivity index (χ1v) is 10.8. The highest BCUT2D eigenvalue weighted by atomic mass is 35.5. The van der Waals surface area contributed by atoms with Crippen molar-refractivity contribution in [2.24, 2.45) is 0 Å². The first-order chi connectivity index (χ1) is 14.9. The Morgan fingerprint density at radius 1 is 0.968 bits per heavy atom. The van der Waals surface area contributed by atoms with Crippen LogP contribution in [0, 0.1) is 0 Å². The molecule has 0 fully saturated rings. The zero-order valence-electron chi connectivity index (χ0n) is 17.5. The highest BCUT2D eigenvalue weighted by Gasteiger charge is 2.17. The van der Waals surface area contributed by atoms with Crippen LogP contribution in [0.3, 0.4) is 0 Å². The van der Waals surface area contributed by atoms with E-state index in [1.807, 2.05) is 42.7 Å². The largest absolute Gasteiger partial charge is 0.366 e. The smallest absolute Gasteiger partial charge is 0.254 e. The summed E-state index contributed by atoms with van der Waals surface area (Å²) >= 11 is 12.8. The molecule has 0 radical (unpaired) electrons. The molecule has 0 spiro atoms. The maximum Gasteiger partial charge on any atom is 0.254 e. The third-order valence-corrected chi connectivity index (χ3v) is 6.08. The third-order valence-electron chi connectivity index (χ3n) is 5.45. The molecule has 2 heterocycles. The molecule has 3 aromatic rings. The number of carbonyl (C=O) groups excluding carboxylic acids is 1. The molecule has 1 amide bonds. The van der Waals surface area contributed by atoms with Crippen LogP contribution < -0.4 is 4.90 Å². The van der Waals surface area contributed by atoms with E-state index in [0.29, 0.717) is 10.6 Å². The number of carbonyl (C=O) groups is 1. The van der Waals surface area contributed by atoms with E-state index in [1.165, 1.54) is 10.5 Å². The molecule has 0 atom stereocenters. The predicted molar refractivity (Wildman–Crippen MR) is 129 cm³/mol. The fraction of sp³-hybridized carbons (Fsp3) is 0.200. The number of anilines is 1. The number of halogens is 2. The number of para-hydroxylation sites is 1. The van der Waals surface area contributed by atoms with E-state index in [9.17, 15) is 4.79 Å². The van der Waals surface area contributed by atoms with Gasteiger partial charge >= 0.3 is 0 Å². The van der Waals surface area contributed by atoms with Gasteiger partial charge in [0.15, 0.2) is 0 Å². The fourth-order valence-electron chi connectivity index (χ4n) is 3.74. The van der Waals surface area contributed by atoms with Crippen molar-refractivity contribution in [1.82, 2.24) is 9.88 Å². The lowest BCUT2D eigenvalue weighted by Gasteiger charge is -2.29. The van der Waals surface area contributed by atoms with E-state index in [2.05, 4.69) is 28.1 Å². The number of amides is 1. The quantitative estimate of drug-likeness (QED) is 0.484. The average Bonchev–Trinajstić information content (AvgIpc) is 2.79. The molecule has 1 aliphatic rings. The van der Waals surface area contributed by atoms with Crippen LogP contribution in [0.15, 0.2) is 67.0 Å². The molecule has 0 bridgehead atoms. The van der Waals surface area contributed by atoms with Crippen molar-refractivity contribution >= 4 is 40.4 Å². The highest BCUT2D eigenvalue weighted by Crippen LogP contribution is 2.32. The lowest BCUT2D eigenvalue weighted by Crippen LogP contribution is -2.28. The standard InChI is InChI=1S/C25H23Cl2N3O/c1-29(2)25(31)21-8-7-18(14-23(21)27)20-13-19(15-28-16-20)17-9-11-30(12-10-17)24-6-4-3-5-22(24)26/h3-9,13-16H,10-12H2,1-2H3. The van der Waals surface area contributed by atoms with Gasteiger partial charge in [-0.15, -0.1) is 0 Å². The minimum atomic E-state index is -0.112. The van der Waals surface area contributed by atoms with Crippen molar-refractivity contribution in [3.05, 3.63) is 88.2 Å². The fourth-order valence-corrected chi connectivity index (χ4v) is 4.26. The van der Waals surface area contributed by atoms with Gasteiger partial charge in [-0.1, -0.05) is 47.5 Å². The van der Waals surface area contributed by atoms with Crippen LogP contribution in [-0.2, 0) is 0 Å². The monoisotopic (exact) mass is 451 g/mol. The van der Waals surface area contributed by atoms with E-state index in [1.54, 1.807) is 20.2 Å². The van der Waals surface area contributed by atoms with E-state index < -0.39 is 0 Å². The zero-order valence-corrected chi connectivity index (χ0v) is 19.0. The van der Waals surface area contributed by atoms with Crippen LogP contribution in [0.5, 0.6) is 0 Å². The van der Waals surface area contributed by atoms with Crippen molar-refractivity contribution in [3.63, 3.8) is 0 Å². The molecule has 0 aliphatic carbocycles. The molecule has 1 aliphatic heterocycles. The first kappa shape index (κ1) is 21.4. The van der Waals surface area contributed by atoms with Gasteiger partial charge in [0.1, 0.15) is 0 Å². The minimum Gasteiger partial charge on any atom is -0.366 e. The number of hydrogen-bond donors (Lipinski definition) is 0. The summed E-state index contributed by atoms with van der Waals surface area (Å²) in [6, 6.07) is 15.6. The molecule has 6 heteroatoms. The van der Waals surface area contributed by atoms with Gasteiger partial charge in [0.05, 0.1) is 21.3 Å². The molecule has 31 heavy (non-hydrogen) atoms. The summed E-state index contributed by atoms with van der Waals surface area (Å²) in [4.78, 5) is 20.5. The Balaban J connectivity index is 1.56. The van der Waals surface area contributed by atoms with Gasteiger partial charge in [0.25, 0.3) is 5.91 Å². The van der Waals surface area contributed by atoms with Crippen LogP contribution in [0.2, 0.25) is 10.0 Å². The molecule has 0 N–H and O–H groups in total. The molecular weight excluding hydrogens is 429 g/mol. The second-order valence-electron chi connectivity index (χ2n) is 7.73. The maximum absolute atomic E-state index is 12.2. The van der Waals surface area contributed by atoms with Crippen LogP contribution in [0.1, 0.15) is 22.3 Å². The average molecular weight is 452 g/mol. The summed E-state index contributed by atoms with van der Waals surface area (Å²) in [6.45, 7) is 1.70. The summed E-state index contributed by atoms with van der Waals surface area (Å²) in [5.74, 6) is -0.112. The summed E-state index contributed by atoms with van der Waals surface area (Å²) < 4.78 is 0. The van der Waals surface area contributed by atoms with E-state index in [0.717, 1.165) is 46.9 Å². The van der Waals surface area contributed by atoms with Gasteiger partial charge in [-0.25, -0.2) is 0 Å². The van der Waals surface area contributed by atoms with Crippen molar-refractivity contribution < 1.29 is 4.79 Å². The van der Waals surface area contributed by atoms with Crippen molar-refractivity contribution in [3.8, 4) is 11.1 Å². The molecule has 0 unspecified atom stereocenters. The normalized spacial score (nSPS) is 13.7. The van der Waals surface area contributed by atoms with Gasteiger partial charge in [0.2, 0.25) is 0 Å². The minimum absolute atomic E-state index is 0.112. The number of hydrogen-bond acceptors (Lipinski definition) is 3. The van der Waals surface area contributed by atoms with Crippen LogP contribution in [0.4, 0.5) is 5.69 Å². The molecule has 1 aromatic heterocycles. The van der Waals surface area contributed by atoms with E-state index >= 15 is 0 Å². The van der Waals surface area contributed by atoms with Crippen molar-refractivity contribution in [1.29, 1.82) is 0 Å². The SMILES string of the molecule is CN(C)C(=O)c1ccc(-c2cncc(C3=CCN(c4ccccc4Cl)CC3)c2)cc1Cl. The van der Waals surface area contributed by atoms with Gasteiger partial charge in [-0.05, 0) is 53.5 Å². The molecule has 0 saturated heterocycles. The Labute approximate surface area is 192 Å². The number of pyridine rings is 1. The molecular formula is C25H23Cl2N3O. The van der Waals surface area contributed by atoms with Gasteiger partial charge < -0.3 is 9.80 Å². The first-order valence-electron chi connectivity index (χ1n) is 10.1. The summed E-state index contributed by atoms with van der Waals surface area (Å²) in [5.41, 5.74) is 5.83. The van der Waals surface area contributed by atoms with Gasteiger partial charge in [-0.3, -0.25) is 9.78 Å². The molecule has 158 valence electrons. The Kier molecular flexibility index (Phi) is 6.30. The highest BCUT2D eigenvalue weighted by molar-refractivity contribution is 6.34. The summed E-state index contributed by atoms with van der Waals surface area (Å²) in [6.07, 6.45) is 6.86. The third kappa shape index (κ3) is 4.60. The van der Waals surface area contributed by atoms with Crippen LogP contribution >= 0.6 is 23.2 Å². The number of rotatable bonds is 4. The Bertz CT molecular complexity index is 1160. The lowest BCUT2D eigenvalue weighted by molar-refractivity contribution is 0.0828. The number of benzene rings is 2. The number of nitrogens with zero attached hydrogens (tertiary/aromatic N) is 3.